The molecular weight excluding hydrogens is 259 g/mol. The van der Waals surface area contributed by atoms with E-state index in [2.05, 4.69) is 4.72 Å². The molecule has 2 rings (SSSR count). The number of ether oxygens (including phenoxy) is 1. The van der Waals surface area contributed by atoms with Crippen LogP contribution in [0.5, 0.6) is 0 Å². The summed E-state index contributed by atoms with van der Waals surface area (Å²) in [7, 11) is -2.29. The summed E-state index contributed by atoms with van der Waals surface area (Å²) in [5.41, 5.74) is 5.67. The highest BCUT2D eigenvalue weighted by molar-refractivity contribution is 7.89. The van der Waals surface area contributed by atoms with Crippen molar-refractivity contribution in [2.75, 3.05) is 12.8 Å². The average Bonchev–Trinajstić information content (AvgIpc) is 2.26. The first-order chi connectivity index (χ1) is 8.42. The summed E-state index contributed by atoms with van der Waals surface area (Å²) in [5.74, 6) is -0.806. The van der Waals surface area contributed by atoms with Crippen molar-refractivity contribution < 1.29 is 17.5 Å². The molecule has 0 radical (unpaired) electrons. The SMILES string of the molecule is COC1CC(NS(=O)(=O)c2cc(N)ccc2F)C1. The van der Waals surface area contributed by atoms with Gasteiger partial charge in [-0.1, -0.05) is 0 Å². The zero-order valence-electron chi connectivity index (χ0n) is 9.89. The van der Waals surface area contributed by atoms with Crippen molar-refractivity contribution in [3.8, 4) is 0 Å². The van der Waals surface area contributed by atoms with Gasteiger partial charge in [0.05, 0.1) is 6.10 Å². The second-order valence-electron chi connectivity index (χ2n) is 4.34. The molecule has 100 valence electrons. The summed E-state index contributed by atoms with van der Waals surface area (Å²) < 4.78 is 44.9. The normalized spacial score (nSPS) is 23.7. The highest BCUT2D eigenvalue weighted by Crippen LogP contribution is 2.25. The standard InChI is InChI=1S/C11H15FN2O3S/c1-17-9-5-8(6-9)14-18(15,16)11-4-7(13)2-3-10(11)12/h2-4,8-9,14H,5-6,13H2,1H3. The molecule has 0 unspecified atom stereocenters. The molecule has 0 bridgehead atoms. The molecule has 3 N–H and O–H groups in total. The third-order valence-corrected chi connectivity index (χ3v) is 4.53. The molecule has 1 saturated carbocycles. The largest absolute Gasteiger partial charge is 0.399 e. The monoisotopic (exact) mass is 274 g/mol. The number of nitrogens with one attached hydrogen (secondary N) is 1. The Hall–Kier alpha value is -1.18. The Morgan fingerprint density at radius 1 is 1.44 bits per heavy atom. The molecule has 0 spiro atoms. The summed E-state index contributed by atoms with van der Waals surface area (Å²) in [4.78, 5) is -0.414. The Balaban J connectivity index is 2.14. The van der Waals surface area contributed by atoms with Crippen LogP contribution >= 0.6 is 0 Å². The summed E-state index contributed by atoms with van der Waals surface area (Å²) in [6, 6.07) is 3.27. The first kappa shape index (κ1) is 13.3. The van der Waals surface area contributed by atoms with Crippen LogP contribution in [0.2, 0.25) is 0 Å². The third kappa shape index (κ3) is 2.63. The van der Waals surface area contributed by atoms with Crippen LogP contribution in [0.1, 0.15) is 12.8 Å². The van der Waals surface area contributed by atoms with E-state index in [1.807, 2.05) is 0 Å². The molecule has 1 aliphatic rings. The topological polar surface area (TPSA) is 81.4 Å². The fraction of sp³-hybridized carbons (Fsp3) is 0.455. The maximum atomic E-state index is 13.5. The highest BCUT2D eigenvalue weighted by Gasteiger charge is 2.33. The zero-order valence-corrected chi connectivity index (χ0v) is 10.7. The maximum Gasteiger partial charge on any atom is 0.243 e. The molecular formula is C11H15FN2O3S. The van der Waals surface area contributed by atoms with Crippen molar-refractivity contribution in [3.63, 3.8) is 0 Å². The van der Waals surface area contributed by atoms with E-state index >= 15 is 0 Å². The van der Waals surface area contributed by atoms with Crippen molar-refractivity contribution in [1.29, 1.82) is 0 Å². The van der Waals surface area contributed by atoms with Gasteiger partial charge in [-0.3, -0.25) is 0 Å². The van der Waals surface area contributed by atoms with Gasteiger partial charge in [-0.05, 0) is 31.0 Å². The molecule has 0 saturated heterocycles. The average molecular weight is 274 g/mol. The number of anilines is 1. The molecule has 1 aromatic carbocycles. The van der Waals surface area contributed by atoms with Gasteiger partial charge < -0.3 is 10.5 Å². The lowest BCUT2D eigenvalue weighted by Gasteiger charge is -2.34. The molecule has 0 aliphatic heterocycles. The maximum absolute atomic E-state index is 13.5. The molecule has 1 aromatic rings. The molecule has 0 heterocycles. The number of methoxy groups -OCH3 is 1. The Morgan fingerprint density at radius 3 is 2.72 bits per heavy atom. The van der Waals surface area contributed by atoms with E-state index < -0.39 is 20.7 Å². The number of nitrogen functional groups attached to an aromatic ring is 1. The number of hydrogen-bond acceptors (Lipinski definition) is 4. The van der Waals surface area contributed by atoms with Crippen LogP contribution in [0.3, 0.4) is 0 Å². The summed E-state index contributed by atoms with van der Waals surface area (Å²) in [6.45, 7) is 0. The van der Waals surface area contributed by atoms with Crippen LogP contribution in [0, 0.1) is 5.82 Å². The first-order valence-electron chi connectivity index (χ1n) is 5.52. The number of sulfonamides is 1. The molecule has 1 fully saturated rings. The van der Waals surface area contributed by atoms with Crippen molar-refractivity contribution >= 4 is 15.7 Å². The van der Waals surface area contributed by atoms with E-state index in [1.165, 1.54) is 6.07 Å². The van der Waals surface area contributed by atoms with Crippen LogP contribution < -0.4 is 10.5 Å². The minimum absolute atomic E-state index is 0.0726. The van der Waals surface area contributed by atoms with Crippen LogP contribution in [-0.2, 0) is 14.8 Å². The van der Waals surface area contributed by atoms with Crippen molar-refractivity contribution in [3.05, 3.63) is 24.0 Å². The summed E-state index contributed by atoms with van der Waals surface area (Å²) >= 11 is 0. The van der Waals surface area contributed by atoms with E-state index in [4.69, 9.17) is 10.5 Å². The van der Waals surface area contributed by atoms with Gasteiger partial charge >= 0.3 is 0 Å². The smallest absolute Gasteiger partial charge is 0.243 e. The number of hydrogen-bond donors (Lipinski definition) is 2. The van der Waals surface area contributed by atoms with Gasteiger partial charge in [0, 0.05) is 18.8 Å². The number of nitrogens with two attached hydrogens (primary N) is 1. The second kappa shape index (κ2) is 4.83. The minimum atomic E-state index is -3.87. The van der Waals surface area contributed by atoms with Crippen molar-refractivity contribution in [2.24, 2.45) is 0 Å². The molecule has 7 heteroatoms. The zero-order chi connectivity index (χ0) is 13.3. The summed E-state index contributed by atoms with van der Waals surface area (Å²) in [5, 5.41) is 0. The fourth-order valence-electron chi connectivity index (χ4n) is 1.86. The number of rotatable bonds is 4. The first-order valence-corrected chi connectivity index (χ1v) is 7.01. The van der Waals surface area contributed by atoms with Gasteiger partial charge in [-0.2, -0.15) is 0 Å². The van der Waals surface area contributed by atoms with Crippen LogP contribution in [-0.4, -0.2) is 27.7 Å². The Bertz CT molecular complexity index is 541. The van der Waals surface area contributed by atoms with E-state index in [9.17, 15) is 12.8 Å². The van der Waals surface area contributed by atoms with Crippen molar-refractivity contribution in [2.45, 2.75) is 29.9 Å². The number of halogens is 1. The van der Waals surface area contributed by atoms with Gasteiger partial charge in [0.15, 0.2) is 0 Å². The minimum Gasteiger partial charge on any atom is -0.399 e. The quantitative estimate of drug-likeness (QED) is 0.798. The number of benzene rings is 1. The summed E-state index contributed by atoms with van der Waals surface area (Å²) in [6.07, 6.45) is 1.27. The van der Waals surface area contributed by atoms with Gasteiger partial charge in [-0.25, -0.2) is 17.5 Å². The van der Waals surface area contributed by atoms with Gasteiger partial charge in [0.2, 0.25) is 10.0 Å². The van der Waals surface area contributed by atoms with Gasteiger partial charge in [0.1, 0.15) is 10.7 Å². The molecule has 18 heavy (non-hydrogen) atoms. The van der Waals surface area contributed by atoms with E-state index in [-0.39, 0.29) is 17.8 Å². The predicted molar refractivity (Wildman–Crippen MR) is 65.0 cm³/mol. The molecule has 0 aromatic heterocycles. The lowest BCUT2D eigenvalue weighted by atomic mass is 9.90. The molecule has 0 amide bonds. The molecule has 1 aliphatic carbocycles. The lowest BCUT2D eigenvalue weighted by Crippen LogP contribution is -2.47. The van der Waals surface area contributed by atoms with Gasteiger partial charge in [0.25, 0.3) is 0 Å². The molecule has 0 atom stereocenters. The van der Waals surface area contributed by atoms with E-state index in [0.29, 0.717) is 12.8 Å². The van der Waals surface area contributed by atoms with E-state index in [1.54, 1.807) is 7.11 Å². The van der Waals surface area contributed by atoms with Crippen molar-refractivity contribution in [1.82, 2.24) is 4.72 Å². The van der Waals surface area contributed by atoms with E-state index in [0.717, 1.165) is 12.1 Å². The van der Waals surface area contributed by atoms with Crippen LogP contribution in [0.15, 0.2) is 23.1 Å². The van der Waals surface area contributed by atoms with Crippen LogP contribution in [0.4, 0.5) is 10.1 Å². The Morgan fingerprint density at radius 2 is 2.11 bits per heavy atom. The lowest BCUT2D eigenvalue weighted by molar-refractivity contribution is 0.0236. The Labute approximate surface area is 105 Å². The highest BCUT2D eigenvalue weighted by atomic mass is 32.2. The second-order valence-corrected chi connectivity index (χ2v) is 6.02. The fourth-order valence-corrected chi connectivity index (χ4v) is 3.24. The Kier molecular flexibility index (Phi) is 3.56. The third-order valence-electron chi connectivity index (χ3n) is 2.99. The van der Waals surface area contributed by atoms with Gasteiger partial charge in [-0.15, -0.1) is 0 Å². The van der Waals surface area contributed by atoms with Crippen LogP contribution in [0.25, 0.3) is 0 Å². The predicted octanol–water partition coefficient (Wildman–Crippen LogP) is 0.864. The molecule has 5 nitrogen and oxygen atoms in total.